The first kappa shape index (κ1) is 12.8. The summed E-state index contributed by atoms with van der Waals surface area (Å²) in [6.07, 6.45) is 0. The van der Waals surface area contributed by atoms with Crippen LogP contribution in [0.2, 0.25) is 5.15 Å². The van der Waals surface area contributed by atoms with E-state index in [0.717, 1.165) is 5.56 Å². The van der Waals surface area contributed by atoms with Crippen LogP contribution in [-0.4, -0.2) is 9.78 Å². The highest BCUT2D eigenvalue weighted by Crippen LogP contribution is 2.13. The molecule has 0 aliphatic heterocycles. The topological polar surface area (TPSA) is 34.9 Å². The molecule has 1 aromatic carbocycles. The van der Waals surface area contributed by atoms with Crippen LogP contribution in [0.1, 0.15) is 30.9 Å². The Kier molecular flexibility index (Phi) is 3.82. The van der Waals surface area contributed by atoms with Gasteiger partial charge in [0.15, 0.2) is 0 Å². The molecule has 0 N–H and O–H groups in total. The Labute approximate surface area is 111 Å². The molecule has 0 fully saturated rings. The van der Waals surface area contributed by atoms with Crippen molar-refractivity contribution in [3.05, 3.63) is 63.0 Å². The lowest BCUT2D eigenvalue weighted by atomic mass is 10.1. The van der Waals surface area contributed by atoms with Gasteiger partial charge in [-0.3, -0.25) is 4.79 Å². The zero-order valence-electron chi connectivity index (χ0n) is 10.4. The molecule has 18 heavy (non-hydrogen) atoms. The fourth-order valence-electron chi connectivity index (χ4n) is 1.81. The van der Waals surface area contributed by atoms with Crippen LogP contribution in [0.4, 0.5) is 0 Å². The monoisotopic (exact) mass is 262 g/mol. The van der Waals surface area contributed by atoms with Crippen LogP contribution in [0.3, 0.4) is 0 Å². The number of hydrogen-bond acceptors (Lipinski definition) is 2. The molecule has 0 amide bonds. The van der Waals surface area contributed by atoms with Crippen molar-refractivity contribution in [2.45, 2.75) is 26.3 Å². The number of nitrogens with zero attached hydrogens (tertiary/aromatic N) is 2. The molecule has 0 atom stereocenters. The third kappa shape index (κ3) is 2.79. The molecular formula is C14H15ClN2O. The number of benzene rings is 1. The molecule has 0 aliphatic rings. The maximum absolute atomic E-state index is 12.2. The van der Waals surface area contributed by atoms with Gasteiger partial charge in [-0.05, 0) is 17.5 Å². The average Bonchev–Trinajstić information content (AvgIpc) is 2.34. The van der Waals surface area contributed by atoms with Crippen molar-refractivity contribution in [2.24, 2.45) is 0 Å². The molecule has 0 saturated carbocycles. The molecule has 4 heteroatoms. The third-order valence-electron chi connectivity index (χ3n) is 2.77. The van der Waals surface area contributed by atoms with Crippen molar-refractivity contribution in [3.8, 4) is 0 Å². The van der Waals surface area contributed by atoms with Crippen LogP contribution in [0.25, 0.3) is 0 Å². The predicted molar refractivity (Wildman–Crippen MR) is 73.1 cm³/mol. The largest absolute Gasteiger partial charge is 0.270 e. The quantitative estimate of drug-likeness (QED) is 0.852. The Bertz CT molecular complexity index is 590. The highest BCUT2D eigenvalue weighted by Gasteiger charge is 2.10. The Morgan fingerprint density at radius 1 is 1.28 bits per heavy atom. The van der Waals surface area contributed by atoms with Gasteiger partial charge in [0.1, 0.15) is 5.15 Å². The number of rotatable bonds is 3. The van der Waals surface area contributed by atoms with E-state index in [0.29, 0.717) is 17.3 Å². The van der Waals surface area contributed by atoms with E-state index in [2.05, 4.69) is 5.10 Å². The van der Waals surface area contributed by atoms with Gasteiger partial charge in [0, 0.05) is 5.56 Å². The van der Waals surface area contributed by atoms with E-state index < -0.39 is 0 Å². The first-order valence-electron chi connectivity index (χ1n) is 5.89. The average molecular weight is 263 g/mol. The van der Waals surface area contributed by atoms with Crippen molar-refractivity contribution >= 4 is 11.6 Å². The minimum absolute atomic E-state index is 0.0711. The Morgan fingerprint density at radius 2 is 1.94 bits per heavy atom. The molecule has 1 aromatic heterocycles. The number of hydrogen-bond donors (Lipinski definition) is 0. The lowest BCUT2D eigenvalue weighted by Crippen LogP contribution is -2.27. The molecule has 0 spiro atoms. The highest BCUT2D eigenvalue weighted by molar-refractivity contribution is 6.29. The van der Waals surface area contributed by atoms with Gasteiger partial charge >= 0.3 is 0 Å². The Balaban J connectivity index is 2.43. The van der Waals surface area contributed by atoms with Crippen LogP contribution in [0, 0.1) is 0 Å². The zero-order valence-corrected chi connectivity index (χ0v) is 11.2. The molecule has 0 unspecified atom stereocenters. The summed E-state index contributed by atoms with van der Waals surface area (Å²) in [6, 6.07) is 11.4. The summed E-state index contributed by atoms with van der Waals surface area (Å²) >= 11 is 5.96. The summed E-state index contributed by atoms with van der Waals surface area (Å²) < 4.78 is 1.42. The maximum atomic E-state index is 12.2. The normalized spacial score (nSPS) is 10.9. The van der Waals surface area contributed by atoms with Crippen molar-refractivity contribution in [3.63, 3.8) is 0 Å². The zero-order chi connectivity index (χ0) is 13.1. The highest BCUT2D eigenvalue weighted by atomic mass is 35.5. The van der Waals surface area contributed by atoms with Crippen molar-refractivity contribution < 1.29 is 0 Å². The maximum Gasteiger partial charge on any atom is 0.270 e. The summed E-state index contributed by atoms with van der Waals surface area (Å²) in [5.74, 6) is 0.139. The fourth-order valence-corrected chi connectivity index (χ4v) is 2.01. The molecule has 2 rings (SSSR count). The van der Waals surface area contributed by atoms with Crippen molar-refractivity contribution in [2.75, 3.05) is 0 Å². The van der Waals surface area contributed by atoms with Crippen molar-refractivity contribution in [1.29, 1.82) is 0 Å². The molecule has 0 bridgehead atoms. The standard InChI is InChI=1S/C14H15ClN2O/c1-10(2)12-8-13(15)16-17(14(12)18)9-11-6-4-3-5-7-11/h3-8,10H,9H2,1-2H3. The number of aromatic nitrogens is 2. The lowest BCUT2D eigenvalue weighted by Gasteiger charge is -2.10. The summed E-state index contributed by atoms with van der Waals surface area (Å²) in [4.78, 5) is 12.2. The second-order valence-corrected chi connectivity index (χ2v) is 4.91. The summed E-state index contributed by atoms with van der Waals surface area (Å²) in [5.41, 5.74) is 1.66. The van der Waals surface area contributed by atoms with Gasteiger partial charge in [-0.2, -0.15) is 5.10 Å². The van der Waals surface area contributed by atoms with Crippen LogP contribution < -0.4 is 5.56 Å². The fraction of sp³-hybridized carbons (Fsp3) is 0.286. The second-order valence-electron chi connectivity index (χ2n) is 4.53. The number of halogens is 1. The molecule has 3 nitrogen and oxygen atoms in total. The first-order chi connectivity index (χ1) is 8.58. The van der Waals surface area contributed by atoms with Crippen LogP contribution in [-0.2, 0) is 6.54 Å². The van der Waals surface area contributed by atoms with Gasteiger partial charge < -0.3 is 0 Å². The Morgan fingerprint density at radius 3 is 2.56 bits per heavy atom. The molecule has 94 valence electrons. The van der Waals surface area contributed by atoms with E-state index in [1.165, 1.54) is 4.68 Å². The van der Waals surface area contributed by atoms with Crippen LogP contribution in [0.5, 0.6) is 0 Å². The third-order valence-corrected chi connectivity index (χ3v) is 2.95. The van der Waals surface area contributed by atoms with E-state index >= 15 is 0 Å². The van der Waals surface area contributed by atoms with E-state index in [-0.39, 0.29) is 11.5 Å². The summed E-state index contributed by atoms with van der Waals surface area (Å²) in [7, 11) is 0. The SMILES string of the molecule is CC(C)c1cc(Cl)nn(Cc2ccccc2)c1=O. The smallest absolute Gasteiger partial charge is 0.267 e. The molecule has 2 aromatic rings. The predicted octanol–water partition coefficient (Wildman–Crippen LogP) is 3.07. The molecule has 0 saturated heterocycles. The van der Waals surface area contributed by atoms with Crippen molar-refractivity contribution in [1.82, 2.24) is 9.78 Å². The molecular weight excluding hydrogens is 248 g/mol. The van der Waals surface area contributed by atoms with E-state index in [1.54, 1.807) is 6.07 Å². The minimum Gasteiger partial charge on any atom is -0.267 e. The van der Waals surface area contributed by atoms with Gasteiger partial charge in [0.05, 0.1) is 6.54 Å². The molecule has 0 aliphatic carbocycles. The minimum atomic E-state index is -0.0711. The van der Waals surface area contributed by atoms with E-state index in [9.17, 15) is 4.79 Å². The second kappa shape index (κ2) is 5.36. The molecule has 1 heterocycles. The van der Waals surface area contributed by atoms with E-state index in [4.69, 9.17) is 11.6 Å². The van der Waals surface area contributed by atoms with Gasteiger partial charge in [-0.15, -0.1) is 0 Å². The van der Waals surface area contributed by atoms with Gasteiger partial charge in [0.2, 0.25) is 0 Å². The van der Waals surface area contributed by atoms with Crippen LogP contribution >= 0.6 is 11.6 Å². The lowest BCUT2D eigenvalue weighted by molar-refractivity contribution is 0.621. The van der Waals surface area contributed by atoms with Gasteiger partial charge in [0.25, 0.3) is 5.56 Å². The van der Waals surface area contributed by atoms with Gasteiger partial charge in [-0.1, -0.05) is 55.8 Å². The molecule has 0 radical (unpaired) electrons. The van der Waals surface area contributed by atoms with Gasteiger partial charge in [-0.25, -0.2) is 4.68 Å². The van der Waals surface area contributed by atoms with Crippen LogP contribution in [0.15, 0.2) is 41.2 Å². The van der Waals surface area contributed by atoms with E-state index in [1.807, 2.05) is 44.2 Å². The summed E-state index contributed by atoms with van der Waals surface area (Å²) in [6.45, 7) is 4.39. The summed E-state index contributed by atoms with van der Waals surface area (Å²) in [5, 5.41) is 4.44. The Hall–Kier alpha value is -1.61. The first-order valence-corrected chi connectivity index (χ1v) is 6.27.